The Morgan fingerprint density at radius 3 is 2.83 bits per heavy atom. The third kappa shape index (κ3) is 1.17. The fourth-order valence-corrected chi connectivity index (χ4v) is 2.84. The molecular weight excluding hydrogens is 220 g/mol. The normalized spacial score (nSPS) is 15.7. The Kier molecular flexibility index (Phi) is 1.84. The molecule has 18 heavy (non-hydrogen) atoms. The molecule has 0 saturated heterocycles. The van der Waals surface area contributed by atoms with E-state index in [9.17, 15) is 0 Å². The molecule has 2 N–H and O–H groups in total. The van der Waals surface area contributed by atoms with Gasteiger partial charge >= 0.3 is 0 Å². The monoisotopic (exact) mass is 234 g/mol. The Morgan fingerprint density at radius 2 is 1.89 bits per heavy atom. The number of benzene rings is 1. The quantitative estimate of drug-likeness (QED) is 0.614. The highest BCUT2D eigenvalue weighted by Crippen LogP contribution is 2.36. The number of para-hydroxylation sites is 1. The molecule has 2 aliphatic rings. The van der Waals surface area contributed by atoms with E-state index in [0.29, 0.717) is 0 Å². The lowest BCUT2D eigenvalue weighted by molar-refractivity contribution is 1.10. The first-order valence-electron chi connectivity index (χ1n) is 6.32. The molecular formula is C16H14N2. The Hall–Kier alpha value is -2.22. The molecule has 88 valence electrons. The van der Waals surface area contributed by atoms with Crippen LogP contribution in [0.1, 0.15) is 24.1 Å². The minimum atomic E-state index is 1.08. The summed E-state index contributed by atoms with van der Waals surface area (Å²) in [6, 6.07) is 8.33. The van der Waals surface area contributed by atoms with Crippen LogP contribution >= 0.6 is 0 Å². The van der Waals surface area contributed by atoms with Crippen molar-refractivity contribution in [1.29, 1.82) is 0 Å². The number of hydrogen-bond donors (Lipinski definition) is 2. The summed E-state index contributed by atoms with van der Waals surface area (Å²) in [5.74, 6) is 0. The van der Waals surface area contributed by atoms with Crippen LogP contribution in [0.25, 0.3) is 17.7 Å². The largest absolute Gasteiger partial charge is 0.353 e. The Bertz CT molecular complexity index is 778. The number of nitrogens with one attached hydrogen (secondary N) is 2. The van der Waals surface area contributed by atoms with Crippen molar-refractivity contribution in [3.05, 3.63) is 52.7 Å². The van der Waals surface area contributed by atoms with Crippen molar-refractivity contribution in [1.82, 2.24) is 4.98 Å². The molecule has 1 aliphatic carbocycles. The van der Waals surface area contributed by atoms with E-state index in [-0.39, 0.29) is 0 Å². The maximum absolute atomic E-state index is 4.24. The first kappa shape index (κ1) is 9.77. The molecule has 0 radical (unpaired) electrons. The maximum atomic E-state index is 4.24. The lowest BCUT2D eigenvalue weighted by Crippen LogP contribution is -2.26. The van der Waals surface area contributed by atoms with Crippen molar-refractivity contribution in [2.45, 2.75) is 12.8 Å². The zero-order valence-electron chi connectivity index (χ0n) is 10.1. The van der Waals surface area contributed by atoms with Crippen LogP contribution in [0.3, 0.4) is 0 Å². The molecule has 0 bridgehead atoms. The minimum Gasteiger partial charge on any atom is -0.353 e. The van der Waals surface area contributed by atoms with Crippen molar-refractivity contribution in [3.8, 4) is 0 Å². The Balaban J connectivity index is 2.05. The Morgan fingerprint density at radius 1 is 1.06 bits per heavy atom. The SMILES string of the molecule is C=C1c2ccccc2Nc2c1[nH]c1c2=CCCC=1. The number of hydrogen-bond acceptors (Lipinski definition) is 1. The number of aromatic nitrogens is 1. The highest BCUT2D eigenvalue weighted by atomic mass is 14.9. The second-order valence-corrected chi connectivity index (χ2v) is 4.84. The van der Waals surface area contributed by atoms with Crippen LogP contribution < -0.4 is 15.9 Å². The van der Waals surface area contributed by atoms with Gasteiger partial charge in [-0.25, -0.2) is 0 Å². The topological polar surface area (TPSA) is 27.8 Å². The number of anilines is 2. The van der Waals surface area contributed by atoms with E-state index in [2.05, 4.69) is 53.3 Å². The number of aromatic amines is 1. The van der Waals surface area contributed by atoms with Gasteiger partial charge in [-0.1, -0.05) is 36.9 Å². The van der Waals surface area contributed by atoms with E-state index in [1.165, 1.54) is 21.8 Å². The molecule has 1 aromatic heterocycles. The molecule has 0 amide bonds. The van der Waals surface area contributed by atoms with E-state index in [1.54, 1.807) is 0 Å². The minimum absolute atomic E-state index is 1.08. The van der Waals surface area contributed by atoms with E-state index in [4.69, 9.17) is 0 Å². The van der Waals surface area contributed by atoms with Crippen LogP contribution in [0.15, 0.2) is 30.8 Å². The molecule has 0 atom stereocenters. The summed E-state index contributed by atoms with van der Waals surface area (Å²) in [6.07, 6.45) is 6.81. The molecule has 2 nitrogen and oxygen atoms in total. The molecule has 1 aliphatic heterocycles. The molecule has 1 aromatic carbocycles. The van der Waals surface area contributed by atoms with Crippen LogP contribution in [0.4, 0.5) is 11.4 Å². The third-order valence-electron chi connectivity index (χ3n) is 3.75. The molecule has 0 saturated carbocycles. The van der Waals surface area contributed by atoms with Crippen molar-refractivity contribution < 1.29 is 0 Å². The number of rotatable bonds is 0. The van der Waals surface area contributed by atoms with Crippen LogP contribution in [-0.4, -0.2) is 4.98 Å². The average Bonchev–Trinajstić information content (AvgIpc) is 2.79. The van der Waals surface area contributed by atoms with Gasteiger partial charge in [0.25, 0.3) is 0 Å². The van der Waals surface area contributed by atoms with Gasteiger partial charge in [0, 0.05) is 27.4 Å². The molecule has 2 heterocycles. The molecule has 0 unspecified atom stereocenters. The van der Waals surface area contributed by atoms with Crippen molar-refractivity contribution in [2.24, 2.45) is 0 Å². The highest BCUT2D eigenvalue weighted by molar-refractivity contribution is 5.95. The van der Waals surface area contributed by atoms with Gasteiger partial charge in [0.15, 0.2) is 0 Å². The molecule has 2 heteroatoms. The van der Waals surface area contributed by atoms with Gasteiger partial charge in [0.05, 0.1) is 11.4 Å². The van der Waals surface area contributed by atoms with Gasteiger partial charge in [-0.2, -0.15) is 0 Å². The van der Waals surface area contributed by atoms with E-state index in [1.807, 2.05) is 0 Å². The second kappa shape index (κ2) is 3.39. The fraction of sp³-hybridized carbons (Fsp3) is 0.125. The van der Waals surface area contributed by atoms with Gasteiger partial charge in [0.1, 0.15) is 0 Å². The van der Waals surface area contributed by atoms with E-state index < -0.39 is 0 Å². The zero-order chi connectivity index (χ0) is 12.1. The van der Waals surface area contributed by atoms with E-state index >= 15 is 0 Å². The lowest BCUT2D eigenvalue weighted by atomic mass is 9.97. The first-order chi connectivity index (χ1) is 8.84. The summed E-state index contributed by atoms with van der Waals surface area (Å²) in [4.78, 5) is 3.50. The van der Waals surface area contributed by atoms with Crippen molar-refractivity contribution in [3.63, 3.8) is 0 Å². The standard InChI is InChI=1S/C16H14N2/c1-10-11-6-2-4-8-13(11)18-16-12-7-3-5-9-14(12)17-15(10)16/h2,4,6-9,17-18H,1,3,5H2. The van der Waals surface area contributed by atoms with Crippen LogP contribution in [-0.2, 0) is 0 Å². The molecule has 0 spiro atoms. The average molecular weight is 234 g/mol. The number of H-pyrrole nitrogens is 1. The van der Waals surface area contributed by atoms with Crippen LogP contribution in [0.5, 0.6) is 0 Å². The van der Waals surface area contributed by atoms with Crippen LogP contribution in [0, 0.1) is 0 Å². The zero-order valence-corrected chi connectivity index (χ0v) is 10.1. The predicted octanol–water partition coefficient (Wildman–Crippen LogP) is 2.49. The highest BCUT2D eigenvalue weighted by Gasteiger charge is 2.21. The van der Waals surface area contributed by atoms with E-state index in [0.717, 1.165) is 29.8 Å². The third-order valence-corrected chi connectivity index (χ3v) is 3.75. The first-order valence-corrected chi connectivity index (χ1v) is 6.32. The van der Waals surface area contributed by atoms with Gasteiger partial charge < -0.3 is 10.3 Å². The summed E-state index contributed by atoms with van der Waals surface area (Å²) in [5.41, 5.74) is 5.73. The van der Waals surface area contributed by atoms with Crippen molar-refractivity contribution in [2.75, 3.05) is 5.32 Å². The molecule has 2 aromatic rings. The smallest absolute Gasteiger partial charge is 0.0721 e. The summed E-state index contributed by atoms with van der Waals surface area (Å²) < 4.78 is 0. The Labute approximate surface area is 105 Å². The fourth-order valence-electron chi connectivity index (χ4n) is 2.84. The number of fused-ring (bicyclic) bond motifs is 4. The lowest BCUT2D eigenvalue weighted by Gasteiger charge is -2.20. The van der Waals surface area contributed by atoms with Gasteiger partial charge in [-0.3, -0.25) is 0 Å². The van der Waals surface area contributed by atoms with Gasteiger partial charge in [-0.05, 0) is 18.9 Å². The molecule has 0 fully saturated rings. The summed E-state index contributed by atoms with van der Waals surface area (Å²) in [5, 5.41) is 6.06. The van der Waals surface area contributed by atoms with Crippen molar-refractivity contribution >= 4 is 29.1 Å². The summed E-state index contributed by atoms with van der Waals surface area (Å²) >= 11 is 0. The van der Waals surface area contributed by atoms with Gasteiger partial charge in [-0.15, -0.1) is 0 Å². The second-order valence-electron chi connectivity index (χ2n) is 4.84. The summed E-state index contributed by atoms with van der Waals surface area (Å²) in [7, 11) is 0. The molecule has 4 rings (SSSR count). The van der Waals surface area contributed by atoms with Crippen LogP contribution in [0.2, 0.25) is 0 Å². The predicted molar refractivity (Wildman–Crippen MR) is 76.1 cm³/mol. The maximum Gasteiger partial charge on any atom is 0.0721 e. The van der Waals surface area contributed by atoms with Gasteiger partial charge in [0.2, 0.25) is 0 Å². The summed E-state index contributed by atoms with van der Waals surface area (Å²) in [6.45, 7) is 4.24.